The van der Waals surface area contributed by atoms with Gasteiger partial charge in [-0.1, -0.05) is 11.8 Å². The number of fused-ring (bicyclic) bond motifs is 2. The van der Waals surface area contributed by atoms with Crippen LogP contribution < -0.4 is 18.9 Å². The summed E-state index contributed by atoms with van der Waals surface area (Å²) in [7, 11) is 1.32. The molecule has 0 unspecified atom stereocenters. The number of carbonyl (C=O) groups excluding carboxylic acids is 2. The molecule has 2 aromatic carbocycles. The van der Waals surface area contributed by atoms with Gasteiger partial charge in [-0.2, -0.15) is 0 Å². The van der Waals surface area contributed by atoms with Crippen molar-refractivity contribution >= 4 is 12.3 Å². The van der Waals surface area contributed by atoms with E-state index in [2.05, 4.69) is 11.8 Å². The number of esters is 1. The van der Waals surface area contributed by atoms with E-state index < -0.39 is 5.97 Å². The van der Waals surface area contributed by atoms with Crippen LogP contribution in [0.2, 0.25) is 0 Å². The third-order valence-electron chi connectivity index (χ3n) is 4.16. The molecule has 2 aromatic rings. The van der Waals surface area contributed by atoms with Crippen molar-refractivity contribution in [1.29, 1.82) is 0 Å². The van der Waals surface area contributed by atoms with E-state index in [1.54, 1.807) is 24.3 Å². The van der Waals surface area contributed by atoms with Crippen molar-refractivity contribution in [3.8, 4) is 34.8 Å². The highest BCUT2D eigenvalue weighted by atomic mass is 16.7. The predicted octanol–water partition coefficient (Wildman–Crippen LogP) is 2.07. The van der Waals surface area contributed by atoms with Crippen molar-refractivity contribution in [3.05, 3.63) is 46.5 Å². The minimum absolute atomic E-state index is 0.0405. The summed E-state index contributed by atoms with van der Waals surface area (Å²) in [5, 5.41) is 0. The van der Waals surface area contributed by atoms with Gasteiger partial charge in [-0.3, -0.25) is 9.59 Å². The Morgan fingerprint density at radius 1 is 0.963 bits per heavy atom. The van der Waals surface area contributed by atoms with Crippen LogP contribution in [0.5, 0.6) is 23.0 Å². The van der Waals surface area contributed by atoms with Gasteiger partial charge in [0.1, 0.15) is 0 Å². The van der Waals surface area contributed by atoms with Gasteiger partial charge in [0.25, 0.3) is 0 Å². The quantitative estimate of drug-likeness (QED) is 0.467. The van der Waals surface area contributed by atoms with Crippen LogP contribution in [-0.4, -0.2) is 33.0 Å². The summed E-state index contributed by atoms with van der Waals surface area (Å²) in [5.41, 5.74) is 2.11. The Bertz CT molecular complexity index is 998. The molecule has 0 saturated heterocycles. The molecule has 2 aliphatic heterocycles. The average Bonchev–Trinajstić information content (AvgIpc) is 3.33. The molecule has 2 heterocycles. The van der Waals surface area contributed by atoms with Crippen molar-refractivity contribution in [2.75, 3.05) is 20.7 Å². The van der Waals surface area contributed by atoms with E-state index in [0.717, 1.165) is 0 Å². The molecule has 0 aliphatic carbocycles. The molecule has 7 heteroatoms. The molecule has 0 aromatic heterocycles. The zero-order valence-corrected chi connectivity index (χ0v) is 14.4. The average molecular weight is 366 g/mol. The molecule has 0 atom stereocenters. The number of ether oxygens (including phenoxy) is 5. The summed E-state index contributed by atoms with van der Waals surface area (Å²) in [6.07, 6.45) is 0.750. The van der Waals surface area contributed by atoms with Crippen molar-refractivity contribution in [2.24, 2.45) is 0 Å². The maximum atomic E-state index is 11.7. The summed E-state index contributed by atoms with van der Waals surface area (Å²) in [6.45, 7) is 0.220. The second-order valence-electron chi connectivity index (χ2n) is 5.78. The van der Waals surface area contributed by atoms with E-state index in [1.807, 2.05) is 0 Å². The normalized spacial score (nSPS) is 12.9. The van der Waals surface area contributed by atoms with E-state index in [1.165, 1.54) is 7.11 Å². The number of hydrogen-bond acceptors (Lipinski definition) is 7. The Hall–Kier alpha value is -3.66. The van der Waals surface area contributed by atoms with Crippen LogP contribution in [0, 0.1) is 11.8 Å². The van der Waals surface area contributed by atoms with Gasteiger partial charge in [0.2, 0.25) is 13.6 Å². The summed E-state index contributed by atoms with van der Waals surface area (Å²) in [5.74, 6) is 7.73. The Labute approximate surface area is 154 Å². The highest BCUT2D eigenvalue weighted by Crippen LogP contribution is 2.36. The van der Waals surface area contributed by atoms with Crippen molar-refractivity contribution in [3.63, 3.8) is 0 Å². The minimum atomic E-state index is -0.395. The Morgan fingerprint density at radius 3 is 2.15 bits per heavy atom. The smallest absolute Gasteiger partial charge is 0.310 e. The SMILES string of the molecule is COC(=O)Cc1cc2c(cc1C#Cc1cc3c(cc1C=O)OCO3)OCO2. The first-order valence-corrected chi connectivity index (χ1v) is 8.08. The lowest BCUT2D eigenvalue weighted by atomic mass is 10.0. The van der Waals surface area contributed by atoms with E-state index in [4.69, 9.17) is 23.7 Å². The molecule has 0 bridgehead atoms. The third kappa shape index (κ3) is 3.25. The first kappa shape index (κ1) is 16.8. The van der Waals surface area contributed by atoms with Crippen molar-refractivity contribution in [1.82, 2.24) is 0 Å². The van der Waals surface area contributed by atoms with E-state index in [0.29, 0.717) is 51.5 Å². The molecule has 7 nitrogen and oxygen atoms in total. The number of rotatable bonds is 3. The number of aldehydes is 1. The lowest BCUT2D eigenvalue weighted by Gasteiger charge is -2.06. The van der Waals surface area contributed by atoms with Crippen LogP contribution >= 0.6 is 0 Å². The number of benzene rings is 2. The third-order valence-corrected chi connectivity index (χ3v) is 4.16. The Balaban J connectivity index is 1.75. The van der Waals surface area contributed by atoms with Gasteiger partial charge in [-0.05, 0) is 17.7 Å². The number of carbonyl (C=O) groups is 2. The Morgan fingerprint density at radius 2 is 1.52 bits per heavy atom. The van der Waals surface area contributed by atoms with E-state index in [-0.39, 0.29) is 20.0 Å². The monoisotopic (exact) mass is 366 g/mol. The van der Waals surface area contributed by atoms with E-state index >= 15 is 0 Å². The fourth-order valence-electron chi connectivity index (χ4n) is 2.77. The van der Waals surface area contributed by atoms with Gasteiger partial charge >= 0.3 is 5.97 Å². The summed E-state index contributed by atoms with van der Waals surface area (Å²) in [4.78, 5) is 23.1. The molecule has 0 radical (unpaired) electrons. The van der Waals surface area contributed by atoms with Crippen molar-refractivity contribution in [2.45, 2.75) is 6.42 Å². The van der Waals surface area contributed by atoms with Gasteiger partial charge in [-0.15, -0.1) is 0 Å². The van der Waals surface area contributed by atoms with Gasteiger partial charge in [0, 0.05) is 28.8 Å². The molecule has 0 fully saturated rings. The van der Waals surface area contributed by atoms with Crippen LogP contribution in [0.1, 0.15) is 27.0 Å². The molecule has 0 amide bonds. The molecular weight excluding hydrogens is 352 g/mol. The van der Waals surface area contributed by atoms with Crippen LogP contribution in [0.3, 0.4) is 0 Å². The topological polar surface area (TPSA) is 80.3 Å². The fourth-order valence-corrected chi connectivity index (χ4v) is 2.77. The van der Waals surface area contributed by atoms with Gasteiger partial charge in [-0.25, -0.2) is 0 Å². The zero-order chi connectivity index (χ0) is 18.8. The van der Waals surface area contributed by atoms with Crippen LogP contribution in [0.15, 0.2) is 24.3 Å². The maximum absolute atomic E-state index is 11.7. The van der Waals surface area contributed by atoms with Crippen molar-refractivity contribution < 1.29 is 33.3 Å². The van der Waals surface area contributed by atoms with Crippen LogP contribution in [0.4, 0.5) is 0 Å². The highest BCUT2D eigenvalue weighted by molar-refractivity contribution is 5.82. The summed E-state index contributed by atoms with van der Waals surface area (Å²) < 4.78 is 26.1. The molecule has 136 valence electrons. The fraction of sp³-hybridized carbons (Fsp3) is 0.200. The maximum Gasteiger partial charge on any atom is 0.310 e. The molecule has 2 aliphatic rings. The zero-order valence-electron chi connectivity index (χ0n) is 14.4. The molecule has 0 N–H and O–H groups in total. The standard InChI is InChI=1S/C20H14O7/c1-23-20(22)8-14-6-18-16(24-10-26-18)4-12(14)2-3-13-5-17-19(27-11-25-17)7-15(13)9-21/h4-7,9H,8,10-11H2,1H3. The van der Waals surface area contributed by atoms with Gasteiger partial charge < -0.3 is 23.7 Å². The molecule has 4 rings (SSSR count). The minimum Gasteiger partial charge on any atom is -0.469 e. The lowest BCUT2D eigenvalue weighted by molar-refractivity contribution is -0.139. The van der Waals surface area contributed by atoms with Gasteiger partial charge in [0.05, 0.1) is 13.5 Å². The summed E-state index contributed by atoms with van der Waals surface area (Å²) >= 11 is 0. The van der Waals surface area contributed by atoms with Gasteiger partial charge in [0.15, 0.2) is 29.3 Å². The highest BCUT2D eigenvalue weighted by Gasteiger charge is 2.19. The number of hydrogen-bond donors (Lipinski definition) is 0. The second kappa shape index (κ2) is 6.92. The molecule has 0 saturated carbocycles. The Kier molecular flexibility index (Phi) is 4.30. The molecule has 27 heavy (non-hydrogen) atoms. The van der Waals surface area contributed by atoms with Crippen LogP contribution in [0.25, 0.3) is 0 Å². The summed E-state index contributed by atoms with van der Waals surface area (Å²) in [6, 6.07) is 6.67. The number of methoxy groups -OCH3 is 1. The second-order valence-corrected chi connectivity index (χ2v) is 5.78. The molecule has 0 spiro atoms. The lowest BCUT2D eigenvalue weighted by Crippen LogP contribution is -2.06. The van der Waals surface area contributed by atoms with Crippen LogP contribution in [-0.2, 0) is 16.0 Å². The largest absolute Gasteiger partial charge is 0.469 e. The first-order chi connectivity index (χ1) is 13.2. The van der Waals surface area contributed by atoms with E-state index in [9.17, 15) is 9.59 Å². The molecular formula is C20H14O7. The first-order valence-electron chi connectivity index (χ1n) is 8.08. The predicted molar refractivity (Wildman–Crippen MR) is 92.2 cm³/mol.